The summed E-state index contributed by atoms with van der Waals surface area (Å²) in [5.41, 5.74) is 10.7. The summed E-state index contributed by atoms with van der Waals surface area (Å²) in [6, 6.07) is -2.71. The van der Waals surface area contributed by atoms with Crippen molar-refractivity contribution in [2.24, 2.45) is 16.5 Å². The van der Waals surface area contributed by atoms with Crippen LogP contribution < -0.4 is 22.1 Å². The van der Waals surface area contributed by atoms with E-state index in [-0.39, 0.29) is 36.8 Å². The second kappa shape index (κ2) is 11.3. The van der Waals surface area contributed by atoms with Gasteiger partial charge in [0.2, 0.25) is 17.7 Å². The van der Waals surface area contributed by atoms with Crippen LogP contribution in [0.1, 0.15) is 51.4 Å². The van der Waals surface area contributed by atoms with E-state index in [1.54, 1.807) is 4.90 Å². The maximum atomic E-state index is 13.2. The van der Waals surface area contributed by atoms with Crippen molar-refractivity contribution in [1.29, 1.82) is 0 Å². The van der Waals surface area contributed by atoms with Crippen molar-refractivity contribution in [3.05, 3.63) is 0 Å². The SMILES string of the molecule is NC(N)=NCCC[C@H](NC(=O)[C@@H]1CCCN1C(=O)[C@@H]1CCCN1)C(=O)N1CCC[C@H]1C(=O)O. The molecule has 0 saturated carbocycles. The number of nitrogens with zero attached hydrogens (tertiary/aromatic N) is 3. The molecule has 0 aliphatic carbocycles. The molecule has 0 aromatic rings. The Balaban J connectivity index is 1.69. The molecule has 3 saturated heterocycles. The van der Waals surface area contributed by atoms with Crippen molar-refractivity contribution in [2.45, 2.75) is 75.5 Å². The molecular formula is C21H35N7O5. The van der Waals surface area contributed by atoms with Crippen LogP contribution in [0.25, 0.3) is 0 Å². The van der Waals surface area contributed by atoms with Gasteiger partial charge in [-0.2, -0.15) is 0 Å². The monoisotopic (exact) mass is 465 g/mol. The molecule has 0 aromatic carbocycles. The van der Waals surface area contributed by atoms with E-state index in [4.69, 9.17) is 11.5 Å². The quantitative estimate of drug-likeness (QED) is 0.152. The second-order valence-corrected chi connectivity index (χ2v) is 8.88. The molecule has 3 aliphatic heterocycles. The van der Waals surface area contributed by atoms with E-state index in [9.17, 15) is 24.3 Å². The number of amides is 3. The van der Waals surface area contributed by atoms with Crippen molar-refractivity contribution in [3.63, 3.8) is 0 Å². The van der Waals surface area contributed by atoms with Gasteiger partial charge in [0.25, 0.3) is 0 Å². The smallest absolute Gasteiger partial charge is 0.326 e. The van der Waals surface area contributed by atoms with Crippen LogP contribution in [0.3, 0.4) is 0 Å². The van der Waals surface area contributed by atoms with E-state index in [0.717, 1.165) is 19.4 Å². The van der Waals surface area contributed by atoms with Crippen molar-refractivity contribution < 1.29 is 24.3 Å². The lowest BCUT2D eigenvalue weighted by atomic mass is 10.1. The standard InChI is InChI=1S/C21H35N7O5/c22-21(23)25-10-2-6-14(19(31)28-12-4-8-16(28)20(32)33)26-17(29)15-7-3-11-27(15)18(30)13-5-1-9-24-13/h13-16,24H,1-12H2,(H,26,29)(H,32,33)(H4,22,23,25)/t13-,14-,15-,16-/m0/s1. The molecule has 33 heavy (non-hydrogen) atoms. The summed E-state index contributed by atoms with van der Waals surface area (Å²) in [5.74, 6) is -2.00. The fourth-order valence-corrected chi connectivity index (χ4v) is 4.91. The molecule has 3 fully saturated rings. The zero-order valence-electron chi connectivity index (χ0n) is 18.9. The number of rotatable bonds is 9. The van der Waals surface area contributed by atoms with E-state index in [0.29, 0.717) is 45.2 Å². The molecule has 0 aromatic heterocycles. The maximum Gasteiger partial charge on any atom is 0.326 e. The molecule has 3 amide bonds. The Morgan fingerprint density at radius 1 is 1.03 bits per heavy atom. The summed E-state index contributed by atoms with van der Waals surface area (Å²) < 4.78 is 0. The zero-order valence-corrected chi connectivity index (χ0v) is 18.9. The first-order valence-electron chi connectivity index (χ1n) is 11.7. The Hall–Kier alpha value is -2.89. The van der Waals surface area contributed by atoms with E-state index < -0.39 is 30.0 Å². The van der Waals surface area contributed by atoms with Gasteiger partial charge in [0, 0.05) is 19.6 Å². The molecule has 3 heterocycles. The minimum Gasteiger partial charge on any atom is -0.480 e. The molecule has 0 unspecified atom stereocenters. The average Bonchev–Trinajstić information content (AvgIpc) is 3.55. The van der Waals surface area contributed by atoms with Crippen LogP contribution in [-0.2, 0) is 19.2 Å². The fraction of sp³-hybridized carbons (Fsp3) is 0.762. The van der Waals surface area contributed by atoms with Gasteiger partial charge < -0.3 is 37.0 Å². The first-order chi connectivity index (χ1) is 15.8. The van der Waals surface area contributed by atoms with Crippen molar-refractivity contribution in [3.8, 4) is 0 Å². The Kier molecular flexibility index (Phi) is 8.48. The first-order valence-corrected chi connectivity index (χ1v) is 11.7. The summed E-state index contributed by atoms with van der Waals surface area (Å²) in [6.45, 7) is 1.91. The van der Waals surface area contributed by atoms with Crippen LogP contribution in [-0.4, -0.2) is 94.9 Å². The van der Waals surface area contributed by atoms with E-state index in [1.165, 1.54) is 4.90 Å². The highest BCUT2D eigenvalue weighted by Crippen LogP contribution is 2.23. The Bertz CT molecular complexity index is 779. The minimum absolute atomic E-state index is 0.0620. The van der Waals surface area contributed by atoms with Crippen LogP contribution >= 0.6 is 0 Å². The van der Waals surface area contributed by atoms with Gasteiger partial charge in [-0.3, -0.25) is 19.4 Å². The van der Waals surface area contributed by atoms with Gasteiger partial charge in [0.1, 0.15) is 18.1 Å². The number of carbonyl (C=O) groups is 4. The third kappa shape index (κ3) is 6.12. The lowest BCUT2D eigenvalue weighted by Gasteiger charge is -2.30. The van der Waals surface area contributed by atoms with Gasteiger partial charge in [0.05, 0.1) is 6.04 Å². The molecule has 3 aliphatic rings. The van der Waals surface area contributed by atoms with Crippen molar-refractivity contribution in [1.82, 2.24) is 20.4 Å². The van der Waals surface area contributed by atoms with E-state index in [1.807, 2.05) is 0 Å². The molecule has 0 bridgehead atoms. The van der Waals surface area contributed by atoms with Crippen molar-refractivity contribution in [2.75, 3.05) is 26.2 Å². The molecule has 4 atom stereocenters. The lowest BCUT2D eigenvalue weighted by molar-refractivity contribution is -0.150. The third-order valence-electron chi connectivity index (χ3n) is 6.58. The normalized spacial score (nSPS) is 25.6. The summed E-state index contributed by atoms with van der Waals surface area (Å²) in [5, 5.41) is 15.5. The number of likely N-dealkylation sites (tertiary alicyclic amines) is 2. The summed E-state index contributed by atoms with van der Waals surface area (Å²) in [7, 11) is 0. The van der Waals surface area contributed by atoms with Crippen LogP contribution in [0.15, 0.2) is 4.99 Å². The highest BCUT2D eigenvalue weighted by molar-refractivity contribution is 5.94. The summed E-state index contributed by atoms with van der Waals surface area (Å²) in [6.07, 6.45) is 4.59. The van der Waals surface area contributed by atoms with Crippen LogP contribution in [0.5, 0.6) is 0 Å². The zero-order chi connectivity index (χ0) is 24.0. The second-order valence-electron chi connectivity index (χ2n) is 8.88. The molecule has 184 valence electrons. The number of aliphatic imine (C=N–C) groups is 1. The summed E-state index contributed by atoms with van der Waals surface area (Å²) >= 11 is 0. The molecule has 7 N–H and O–H groups in total. The number of nitrogens with one attached hydrogen (secondary N) is 2. The van der Waals surface area contributed by atoms with Gasteiger partial charge in [-0.15, -0.1) is 0 Å². The number of guanidine groups is 1. The molecule has 0 spiro atoms. The highest BCUT2D eigenvalue weighted by atomic mass is 16.4. The Labute approximate surface area is 193 Å². The van der Waals surface area contributed by atoms with E-state index in [2.05, 4.69) is 15.6 Å². The largest absolute Gasteiger partial charge is 0.480 e. The highest BCUT2D eigenvalue weighted by Gasteiger charge is 2.41. The lowest BCUT2D eigenvalue weighted by Crippen LogP contribution is -2.56. The average molecular weight is 466 g/mol. The topological polar surface area (TPSA) is 183 Å². The predicted molar refractivity (Wildman–Crippen MR) is 120 cm³/mol. The third-order valence-corrected chi connectivity index (χ3v) is 6.58. The number of carboxylic acids is 1. The number of nitrogens with two attached hydrogens (primary N) is 2. The number of hydrogen-bond donors (Lipinski definition) is 5. The predicted octanol–water partition coefficient (Wildman–Crippen LogP) is -1.66. The Morgan fingerprint density at radius 3 is 2.36 bits per heavy atom. The van der Waals surface area contributed by atoms with E-state index >= 15 is 0 Å². The maximum absolute atomic E-state index is 13.2. The first kappa shape index (κ1) is 24.7. The molecule has 0 radical (unpaired) electrons. The van der Waals surface area contributed by atoms with Crippen LogP contribution in [0.4, 0.5) is 0 Å². The molecule has 12 nitrogen and oxygen atoms in total. The van der Waals surface area contributed by atoms with Crippen LogP contribution in [0, 0.1) is 0 Å². The number of carboxylic acid groups (broad SMARTS) is 1. The summed E-state index contributed by atoms with van der Waals surface area (Å²) in [4.78, 5) is 57.7. The number of aliphatic carboxylic acids is 1. The Morgan fingerprint density at radius 2 is 1.73 bits per heavy atom. The number of carbonyl (C=O) groups excluding carboxylic acids is 3. The molecule has 3 rings (SSSR count). The van der Waals surface area contributed by atoms with Gasteiger partial charge in [-0.05, 0) is 57.9 Å². The minimum atomic E-state index is -1.05. The molecule has 12 heteroatoms. The fourth-order valence-electron chi connectivity index (χ4n) is 4.91. The van der Waals surface area contributed by atoms with Gasteiger partial charge >= 0.3 is 5.97 Å². The molecular weight excluding hydrogens is 430 g/mol. The van der Waals surface area contributed by atoms with Gasteiger partial charge in [-0.25, -0.2) is 4.79 Å². The van der Waals surface area contributed by atoms with Gasteiger partial charge in [0.15, 0.2) is 5.96 Å². The van der Waals surface area contributed by atoms with Crippen molar-refractivity contribution >= 4 is 29.7 Å². The number of hydrogen-bond acceptors (Lipinski definition) is 6. The van der Waals surface area contributed by atoms with Crippen LogP contribution in [0.2, 0.25) is 0 Å². The van der Waals surface area contributed by atoms with Gasteiger partial charge in [-0.1, -0.05) is 0 Å².